The van der Waals surface area contributed by atoms with Gasteiger partial charge >= 0.3 is 0 Å². The van der Waals surface area contributed by atoms with Crippen molar-refractivity contribution >= 4 is 17.2 Å². The molecule has 3 heterocycles. The lowest BCUT2D eigenvalue weighted by atomic mass is 9.97. The molecule has 3 rings (SSSR count). The lowest BCUT2D eigenvalue weighted by Crippen LogP contribution is -2.42. The van der Waals surface area contributed by atoms with E-state index in [1.807, 2.05) is 0 Å². The molecule has 1 unspecified atom stereocenters. The van der Waals surface area contributed by atoms with Crippen molar-refractivity contribution in [2.24, 2.45) is 5.92 Å². The van der Waals surface area contributed by atoms with Crippen molar-refractivity contribution in [3.05, 3.63) is 22.4 Å². The minimum Gasteiger partial charge on any atom is -0.335 e. The second-order valence-electron chi connectivity index (χ2n) is 5.29. The molecule has 0 radical (unpaired) electrons. The average Bonchev–Trinajstić information content (AvgIpc) is 3.09. The summed E-state index contributed by atoms with van der Waals surface area (Å²) in [4.78, 5) is 14.7. The summed E-state index contributed by atoms with van der Waals surface area (Å²) in [6.07, 6.45) is 4.46. The van der Waals surface area contributed by atoms with Crippen LogP contribution in [-0.2, 0) is 4.79 Å². The number of likely N-dealkylation sites (tertiary alicyclic amines) is 1. The fraction of sp³-hybridized carbons (Fsp3) is 0.643. The van der Waals surface area contributed by atoms with Crippen molar-refractivity contribution in [1.82, 2.24) is 10.2 Å². The third kappa shape index (κ3) is 2.31. The van der Waals surface area contributed by atoms with Crippen LogP contribution in [0.5, 0.6) is 0 Å². The summed E-state index contributed by atoms with van der Waals surface area (Å²) in [5.74, 6) is 0.578. The van der Waals surface area contributed by atoms with E-state index in [1.165, 1.54) is 5.56 Å². The Morgan fingerprint density at radius 2 is 2.33 bits per heavy atom. The van der Waals surface area contributed by atoms with Crippen LogP contribution in [0.25, 0.3) is 0 Å². The Bertz CT molecular complexity index is 398. The van der Waals surface area contributed by atoms with Gasteiger partial charge in [-0.05, 0) is 54.6 Å². The van der Waals surface area contributed by atoms with E-state index in [2.05, 4.69) is 27.0 Å². The van der Waals surface area contributed by atoms with Crippen molar-refractivity contribution in [1.29, 1.82) is 0 Å². The lowest BCUT2D eigenvalue weighted by molar-refractivity contribution is -0.137. The third-order valence-electron chi connectivity index (χ3n) is 4.11. The van der Waals surface area contributed by atoms with Crippen LogP contribution < -0.4 is 5.32 Å². The van der Waals surface area contributed by atoms with Crippen LogP contribution in [0.3, 0.4) is 0 Å². The predicted molar refractivity (Wildman–Crippen MR) is 73.6 cm³/mol. The second-order valence-corrected chi connectivity index (χ2v) is 6.07. The van der Waals surface area contributed by atoms with Gasteiger partial charge in [0.1, 0.15) is 0 Å². The smallest absolute Gasteiger partial charge is 0.227 e. The molecule has 4 heteroatoms. The molecule has 2 atom stereocenters. The number of piperidine rings is 1. The average molecular weight is 264 g/mol. The molecular formula is C14H20N2OS. The van der Waals surface area contributed by atoms with Gasteiger partial charge in [-0.2, -0.15) is 11.3 Å². The summed E-state index contributed by atoms with van der Waals surface area (Å²) in [6.45, 7) is 2.87. The van der Waals surface area contributed by atoms with Gasteiger partial charge in [0.15, 0.2) is 0 Å². The molecule has 0 aromatic carbocycles. The minimum absolute atomic E-state index is 0.206. The summed E-state index contributed by atoms with van der Waals surface area (Å²) in [5.41, 5.74) is 1.33. The van der Waals surface area contributed by atoms with Crippen LogP contribution in [0.1, 0.15) is 37.3 Å². The zero-order valence-corrected chi connectivity index (χ0v) is 11.4. The van der Waals surface area contributed by atoms with E-state index in [0.29, 0.717) is 11.9 Å². The molecule has 1 N–H and O–H groups in total. The van der Waals surface area contributed by atoms with E-state index >= 15 is 0 Å². The molecule has 2 aliphatic heterocycles. The third-order valence-corrected chi connectivity index (χ3v) is 4.81. The van der Waals surface area contributed by atoms with E-state index in [-0.39, 0.29) is 5.92 Å². The number of thiophene rings is 1. The summed E-state index contributed by atoms with van der Waals surface area (Å²) in [6, 6.07) is 2.51. The molecule has 1 aromatic rings. The summed E-state index contributed by atoms with van der Waals surface area (Å²) >= 11 is 1.73. The van der Waals surface area contributed by atoms with E-state index < -0.39 is 0 Å². The molecule has 0 bridgehead atoms. The Kier molecular flexibility index (Phi) is 3.66. The summed E-state index contributed by atoms with van der Waals surface area (Å²) in [5, 5.41) is 7.64. The van der Waals surface area contributed by atoms with Crippen LogP contribution in [0, 0.1) is 5.92 Å². The zero-order chi connectivity index (χ0) is 12.4. The van der Waals surface area contributed by atoms with Gasteiger partial charge in [-0.15, -0.1) is 0 Å². The quantitative estimate of drug-likeness (QED) is 0.889. The molecule has 2 aliphatic rings. The summed E-state index contributed by atoms with van der Waals surface area (Å²) in [7, 11) is 0. The first kappa shape index (κ1) is 12.2. The Balaban J connectivity index is 1.72. The Hall–Kier alpha value is -0.870. The van der Waals surface area contributed by atoms with Crippen LogP contribution >= 0.6 is 11.3 Å². The largest absolute Gasteiger partial charge is 0.335 e. The van der Waals surface area contributed by atoms with Crippen LogP contribution in [0.4, 0.5) is 0 Å². The number of hydrogen-bond acceptors (Lipinski definition) is 3. The Morgan fingerprint density at radius 1 is 1.39 bits per heavy atom. The van der Waals surface area contributed by atoms with E-state index in [9.17, 15) is 4.79 Å². The fourth-order valence-electron chi connectivity index (χ4n) is 3.14. The van der Waals surface area contributed by atoms with E-state index in [4.69, 9.17) is 0 Å². The monoisotopic (exact) mass is 264 g/mol. The molecule has 18 heavy (non-hydrogen) atoms. The summed E-state index contributed by atoms with van der Waals surface area (Å²) < 4.78 is 0. The second kappa shape index (κ2) is 5.41. The number of carbonyl (C=O) groups excluding carboxylic acids is 1. The van der Waals surface area contributed by atoms with Crippen molar-refractivity contribution in [2.75, 3.05) is 19.6 Å². The first-order valence-corrected chi connectivity index (χ1v) is 7.84. The molecule has 3 nitrogen and oxygen atoms in total. The van der Waals surface area contributed by atoms with E-state index in [0.717, 1.165) is 45.3 Å². The highest BCUT2D eigenvalue weighted by Crippen LogP contribution is 2.34. The molecule has 0 spiro atoms. The Labute approximate surface area is 112 Å². The zero-order valence-electron chi connectivity index (χ0n) is 10.6. The van der Waals surface area contributed by atoms with Crippen molar-refractivity contribution in [3.8, 4) is 0 Å². The first-order valence-electron chi connectivity index (χ1n) is 6.89. The first-order chi connectivity index (χ1) is 8.86. The highest BCUT2D eigenvalue weighted by Gasteiger charge is 2.34. The van der Waals surface area contributed by atoms with Gasteiger partial charge in [0.25, 0.3) is 0 Å². The molecule has 1 aromatic heterocycles. The van der Waals surface area contributed by atoms with Crippen LogP contribution in [-0.4, -0.2) is 30.4 Å². The molecule has 2 saturated heterocycles. The van der Waals surface area contributed by atoms with Gasteiger partial charge in [0.05, 0.1) is 12.0 Å². The number of amides is 1. The van der Waals surface area contributed by atoms with Crippen LogP contribution in [0.15, 0.2) is 16.8 Å². The standard InChI is InChI=1S/C14H20N2OS/c17-14(11-3-1-6-15-9-11)16-7-2-4-13(16)12-5-8-18-10-12/h5,8,10-11,13,15H,1-4,6-7,9H2/t11-,13?/m0/s1. The van der Waals surface area contributed by atoms with Gasteiger partial charge in [-0.3, -0.25) is 4.79 Å². The Morgan fingerprint density at radius 3 is 3.06 bits per heavy atom. The molecule has 1 amide bonds. The van der Waals surface area contributed by atoms with Crippen LogP contribution in [0.2, 0.25) is 0 Å². The molecule has 0 saturated carbocycles. The fourth-order valence-corrected chi connectivity index (χ4v) is 3.85. The van der Waals surface area contributed by atoms with Gasteiger partial charge in [0, 0.05) is 13.1 Å². The number of nitrogens with one attached hydrogen (secondary N) is 1. The number of rotatable bonds is 2. The SMILES string of the molecule is O=C([C@H]1CCCNC1)N1CCCC1c1ccsc1. The molecule has 98 valence electrons. The molecule has 2 fully saturated rings. The maximum absolute atomic E-state index is 12.6. The molecular weight excluding hydrogens is 244 g/mol. The maximum Gasteiger partial charge on any atom is 0.227 e. The van der Waals surface area contributed by atoms with Crippen molar-refractivity contribution in [3.63, 3.8) is 0 Å². The van der Waals surface area contributed by atoms with Gasteiger partial charge in [0.2, 0.25) is 5.91 Å². The number of carbonyl (C=O) groups is 1. The van der Waals surface area contributed by atoms with E-state index in [1.54, 1.807) is 11.3 Å². The number of hydrogen-bond donors (Lipinski definition) is 1. The maximum atomic E-state index is 12.6. The highest BCUT2D eigenvalue weighted by molar-refractivity contribution is 7.07. The van der Waals surface area contributed by atoms with Gasteiger partial charge in [-0.25, -0.2) is 0 Å². The minimum atomic E-state index is 0.206. The van der Waals surface area contributed by atoms with Gasteiger partial charge in [-0.1, -0.05) is 0 Å². The normalized spacial score (nSPS) is 28.6. The topological polar surface area (TPSA) is 32.3 Å². The van der Waals surface area contributed by atoms with Crippen molar-refractivity contribution < 1.29 is 4.79 Å². The highest BCUT2D eigenvalue weighted by atomic mass is 32.1. The van der Waals surface area contributed by atoms with Gasteiger partial charge < -0.3 is 10.2 Å². The number of nitrogens with zero attached hydrogens (tertiary/aromatic N) is 1. The predicted octanol–water partition coefficient (Wildman–Crippen LogP) is 2.41. The van der Waals surface area contributed by atoms with Crippen molar-refractivity contribution in [2.45, 2.75) is 31.7 Å². The lowest BCUT2D eigenvalue weighted by Gasteiger charge is -2.30. The molecule has 0 aliphatic carbocycles.